The Morgan fingerprint density at radius 2 is 2.19 bits per heavy atom. The van der Waals surface area contributed by atoms with Crippen molar-refractivity contribution in [1.82, 2.24) is 4.98 Å². The fourth-order valence-electron chi connectivity index (χ4n) is 2.89. The molecule has 1 aromatic rings. The van der Waals surface area contributed by atoms with Gasteiger partial charge >= 0.3 is 0 Å². The second kappa shape index (κ2) is 6.41. The van der Waals surface area contributed by atoms with Gasteiger partial charge in [0, 0.05) is 19.6 Å². The van der Waals surface area contributed by atoms with Crippen LogP contribution >= 0.6 is 0 Å². The first-order valence-electron chi connectivity index (χ1n) is 7.63. The third-order valence-electron chi connectivity index (χ3n) is 4.11. The Balaban J connectivity index is 1.56. The lowest BCUT2D eigenvalue weighted by molar-refractivity contribution is -0.126. The van der Waals surface area contributed by atoms with Crippen molar-refractivity contribution in [3.63, 3.8) is 0 Å². The number of rotatable bonds is 4. The Kier molecular flexibility index (Phi) is 4.36. The van der Waals surface area contributed by atoms with Crippen LogP contribution in [0.1, 0.15) is 25.7 Å². The average molecular weight is 290 g/mol. The molecule has 21 heavy (non-hydrogen) atoms. The molecule has 0 spiro atoms. The number of nitrogens with one attached hydrogen (secondary N) is 1. The van der Waals surface area contributed by atoms with Gasteiger partial charge in [0.1, 0.15) is 11.9 Å². The highest BCUT2D eigenvalue weighted by molar-refractivity contribution is 5.94. The van der Waals surface area contributed by atoms with Gasteiger partial charge in [-0.25, -0.2) is 4.98 Å². The third kappa shape index (κ3) is 3.33. The molecule has 0 aromatic carbocycles. The molecule has 2 aliphatic rings. The molecule has 1 amide bonds. The van der Waals surface area contributed by atoms with Crippen molar-refractivity contribution in [2.45, 2.75) is 37.9 Å². The normalized spacial score (nSPS) is 25.3. The lowest BCUT2D eigenvalue weighted by atomic mass is 10.2. The van der Waals surface area contributed by atoms with Gasteiger partial charge in [0.15, 0.2) is 0 Å². The minimum absolute atomic E-state index is 0.0106. The van der Waals surface area contributed by atoms with Gasteiger partial charge in [-0.2, -0.15) is 0 Å². The van der Waals surface area contributed by atoms with E-state index in [1.165, 1.54) is 12.8 Å². The second-order valence-electron chi connectivity index (χ2n) is 5.65. The maximum atomic E-state index is 12.1. The van der Waals surface area contributed by atoms with Gasteiger partial charge in [-0.05, 0) is 37.8 Å². The van der Waals surface area contributed by atoms with Gasteiger partial charge in [0.2, 0.25) is 0 Å². The summed E-state index contributed by atoms with van der Waals surface area (Å²) in [4.78, 5) is 18.8. The van der Waals surface area contributed by atoms with Crippen LogP contribution in [0.4, 0.5) is 11.5 Å². The highest BCUT2D eigenvalue weighted by atomic mass is 16.5. The summed E-state index contributed by atoms with van der Waals surface area (Å²) in [6.07, 6.45) is 5.35. The fraction of sp³-hybridized carbons (Fsp3) is 0.600. The van der Waals surface area contributed by atoms with E-state index in [0.29, 0.717) is 12.2 Å². The zero-order valence-electron chi connectivity index (χ0n) is 12.1. The van der Waals surface area contributed by atoms with Crippen LogP contribution in [0.15, 0.2) is 18.3 Å². The van der Waals surface area contributed by atoms with Crippen LogP contribution in [-0.4, -0.2) is 42.7 Å². The van der Waals surface area contributed by atoms with Crippen molar-refractivity contribution in [3.05, 3.63) is 18.3 Å². The number of hydrogen-bond acceptors (Lipinski definition) is 5. The van der Waals surface area contributed by atoms with Gasteiger partial charge in [-0.1, -0.05) is 0 Å². The molecule has 3 heterocycles. The van der Waals surface area contributed by atoms with Crippen LogP contribution in [-0.2, 0) is 9.53 Å². The van der Waals surface area contributed by atoms with Gasteiger partial charge in [0.05, 0.1) is 18.0 Å². The summed E-state index contributed by atoms with van der Waals surface area (Å²) in [7, 11) is 0. The monoisotopic (exact) mass is 290 g/mol. The zero-order valence-corrected chi connectivity index (χ0v) is 12.1. The highest BCUT2D eigenvalue weighted by Gasteiger charge is 2.29. The third-order valence-corrected chi connectivity index (χ3v) is 4.11. The first kappa shape index (κ1) is 14.3. The summed E-state index contributed by atoms with van der Waals surface area (Å²) in [6.45, 7) is 2.60. The molecular weight excluding hydrogens is 268 g/mol. The van der Waals surface area contributed by atoms with Crippen molar-refractivity contribution in [1.29, 1.82) is 0 Å². The lowest BCUT2D eigenvalue weighted by Crippen LogP contribution is -2.29. The number of nitrogens with zero attached hydrogens (tertiary/aromatic N) is 2. The molecule has 0 saturated carbocycles. The maximum absolute atomic E-state index is 12.1. The second-order valence-corrected chi connectivity index (χ2v) is 5.65. The Bertz CT molecular complexity index is 485. The molecule has 0 radical (unpaired) electrons. The number of carbonyl (C=O) groups is 1. The van der Waals surface area contributed by atoms with E-state index in [1.807, 2.05) is 12.1 Å². The summed E-state index contributed by atoms with van der Waals surface area (Å²) in [6, 6.07) is 3.85. The van der Waals surface area contributed by atoms with Gasteiger partial charge in [0.25, 0.3) is 5.91 Å². The SMILES string of the molecule is NCC1CCC(C(=O)Nc2ccc(N3CCCC3)nc2)O1. The van der Waals surface area contributed by atoms with Crippen LogP contribution in [0.25, 0.3) is 0 Å². The lowest BCUT2D eigenvalue weighted by Gasteiger charge is -2.17. The first-order chi connectivity index (χ1) is 10.3. The molecule has 114 valence electrons. The van der Waals surface area contributed by atoms with Crippen molar-refractivity contribution in [2.75, 3.05) is 29.9 Å². The van der Waals surface area contributed by atoms with E-state index >= 15 is 0 Å². The maximum Gasteiger partial charge on any atom is 0.253 e. The number of carbonyl (C=O) groups excluding carboxylic acids is 1. The largest absolute Gasteiger partial charge is 0.364 e. The summed E-state index contributed by atoms with van der Waals surface area (Å²) in [5.74, 6) is 0.868. The molecule has 2 atom stereocenters. The molecular formula is C15H22N4O2. The summed E-state index contributed by atoms with van der Waals surface area (Å²) >= 11 is 0. The summed E-state index contributed by atoms with van der Waals surface area (Å²) in [5.41, 5.74) is 6.26. The fourth-order valence-corrected chi connectivity index (χ4v) is 2.89. The van der Waals surface area contributed by atoms with Crippen LogP contribution in [0.5, 0.6) is 0 Å². The molecule has 1 aromatic heterocycles. The van der Waals surface area contributed by atoms with Gasteiger partial charge in [-0.3, -0.25) is 4.79 Å². The van der Waals surface area contributed by atoms with E-state index in [-0.39, 0.29) is 12.0 Å². The topological polar surface area (TPSA) is 80.5 Å². The summed E-state index contributed by atoms with van der Waals surface area (Å²) in [5, 5.41) is 2.86. The van der Waals surface area contributed by atoms with E-state index in [2.05, 4.69) is 15.2 Å². The van der Waals surface area contributed by atoms with Crippen molar-refractivity contribution < 1.29 is 9.53 Å². The zero-order chi connectivity index (χ0) is 14.7. The minimum Gasteiger partial charge on any atom is -0.364 e. The number of amides is 1. The standard InChI is InChI=1S/C15H22N4O2/c16-9-12-4-5-13(21-12)15(20)18-11-3-6-14(17-10-11)19-7-1-2-8-19/h3,6,10,12-13H,1-2,4-5,7-9,16H2,(H,18,20). The molecule has 0 aliphatic carbocycles. The quantitative estimate of drug-likeness (QED) is 0.869. The average Bonchev–Trinajstić information content (AvgIpc) is 3.19. The number of aromatic nitrogens is 1. The number of ether oxygens (including phenoxy) is 1. The molecule has 6 nitrogen and oxygen atoms in total. The Morgan fingerprint density at radius 1 is 1.38 bits per heavy atom. The highest BCUT2D eigenvalue weighted by Crippen LogP contribution is 2.22. The van der Waals surface area contributed by atoms with E-state index in [4.69, 9.17) is 10.5 Å². The van der Waals surface area contributed by atoms with Crippen LogP contribution < -0.4 is 16.0 Å². The number of pyridine rings is 1. The van der Waals surface area contributed by atoms with Crippen LogP contribution in [0, 0.1) is 0 Å². The molecule has 2 aliphatic heterocycles. The Hall–Kier alpha value is -1.66. The van der Waals surface area contributed by atoms with Crippen LogP contribution in [0.3, 0.4) is 0 Å². The van der Waals surface area contributed by atoms with Gasteiger partial charge < -0.3 is 20.7 Å². The van der Waals surface area contributed by atoms with E-state index in [0.717, 1.165) is 31.7 Å². The molecule has 2 saturated heterocycles. The predicted octanol–water partition coefficient (Wildman–Crippen LogP) is 1.13. The molecule has 2 unspecified atom stereocenters. The van der Waals surface area contributed by atoms with Crippen molar-refractivity contribution in [2.24, 2.45) is 5.73 Å². The first-order valence-corrected chi connectivity index (χ1v) is 7.63. The Labute approximate surface area is 124 Å². The molecule has 2 fully saturated rings. The Morgan fingerprint density at radius 3 is 2.81 bits per heavy atom. The smallest absolute Gasteiger partial charge is 0.253 e. The minimum atomic E-state index is -0.392. The van der Waals surface area contributed by atoms with Gasteiger partial charge in [-0.15, -0.1) is 0 Å². The predicted molar refractivity (Wildman–Crippen MR) is 81.3 cm³/mol. The summed E-state index contributed by atoms with van der Waals surface area (Å²) < 4.78 is 5.58. The van der Waals surface area contributed by atoms with Crippen LogP contribution in [0.2, 0.25) is 0 Å². The molecule has 3 rings (SSSR count). The molecule has 0 bridgehead atoms. The number of anilines is 2. The molecule has 3 N–H and O–H groups in total. The van der Waals surface area contributed by atoms with E-state index in [9.17, 15) is 4.79 Å². The van der Waals surface area contributed by atoms with Crippen molar-refractivity contribution in [3.8, 4) is 0 Å². The van der Waals surface area contributed by atoms with Crippen molar-refractivity contribution >= 4 is 17.4 Å². The van der Waals surface area contributed by atoms with E-state index < -0.39 is 6.10 Å². The number of hydrogen-bond donors (Lipinski definition) is 2. The number of nitrogens with two attached hydrogens (primary N) is 1. The molecule has 6 heteroatoms. The van der Waals surface area contributed by atoms with E-state index in [1.54, 1.807) is 6.20 Å².